The Morgan fingerprint density at radius 3 is 2.89 bits per heavy atom. The van der Waals surface area contributed by atoms with E-state index in [1.807, 2.05) is 36.1 Å². The summed E-state index contributed by atoms with van der Waals surface area (Å²) in [6.45, 7) is 4.32. The molecule has 140 valence electrons. The molecule has 1 amide bonds. The van der Waals surface area contributed by atoms with Gasteiger partial charge in [-0.05, 0) is 41.6 Å². The van der Waals surface area contributed by atoms with Gasteiger partial charge in [-0.15, -0.1) is 5.10 Å². The van der Waals surface area contributed by atoms with Gasteiger partial charge in [0.05, 0.1) is 18.8 Å². The molecule has 4 rings (SSSR count). The van der Waals surface area contributed by atoms with E-state index in [1.165, 1.54) is 6.33 Å². The molecule has 0 radical (unpaired) electrons. The van der Waals surface area contributed by atoms with Crippen LogP contribution in [0.5, 0.6) is 5.75 Å². The Bertz CT molecular complexity index is 902. The number of tetrazole rings is 1. The van der Waals surface area contributed by atoms with E-state index in [0.717, 1.165) is 34.7 Å². The zero-order valence-corrected chi connectivity index (χ0v) is 15.1. The predicted molar refractivity (Wildman–Crippen MR) is 96.7 cm³/mol. The first-order chi connectivity index (χ1) is 13.2. The number of carbonyl (C=O) groups is 1. The maximum Gasteiger partial charge on any atom is 0.224 e. The van der Waals surface area contributed by atoms with Crippen LogP contribution in [0.15, 0.2) is 30.6 Å². The van der Waals surface area contributed by atoms with E-state index in [1.54, 1.807) is 4.68 Å². The molecule has 0 bridgehead atoms. The molecule has 1 N–H and O–H groups in total. The van der Waals surface area contributed by atoms with Crippen LogP contribution in [0.2, 0.25) is 0 Å². The smallest absolute Gasteiger partial charge is 0.224 e. The van der Waals surface area contributed by atoms with Gasteiger partial charge in [0, 0.05) is 42.8 Å². The molecule has 27 heavy (non-hydrogen) atoms. The summed E-state index contributed by atoms with van der Waals surface area (Å²) in [6, 6.07) is 7.88. The molecule has 0 aliphatic carbocycles. The first kappa shape index (κ1) is 17.2. The number of aromatic nitrogens is 6. The van der Waals surface area contributed by atoms with E-state index in [2.05, 4.69) is 25.7 Å². The van der Waals surface area contributed by atoms with E-state index in [-0.39, 0.29) is 5.91 Å². The van der Waals surface area contributed by atoms with Crippen molar-refractivity contribution in [1.82, 2.24) is 35.3 Å². The number of H-pyrrole nitrogens is 1. The van der Waals surface area contributed by atoms with Crippen LogP contribution in [0, 0.1) is 0 Å². The van der Waals surface area contributed by atoms with Crippen LogP contribution in [0.3, 0.4) is 0 Å². The molecule has 2 aromatic heterocycles. The SMILES string of the molecule is CCOc1ccc(-c2n[nH]c3c2CN(C(=O)CCn2cnnn2)CC3)cc1. The molecule has 3 aromatic rings. The van der Waals surface area contributed by atoms with Crippen LogP contribution in [0.25, 0.3) is 11.3 Å². The number of amides is 1. The number of hydrogen-bond acceptors (Lipinski definition) is 6. The summed E-state index contributed by atoms with van der Waals surface area (Å²) in [5.41, 5.74) is 4.09. The Hall–Kier alpha value is -3.23. The third-order valence-electron chi connectivity index (χ3n) is 4.67. The van der Waals surface area contributed by atoms with Crippen molar-refractivity contribution >= 4 is 5.91 Å². The highest BCUT2D eigenvalue weighted by molar-refractivity contribution is 5.77. The summed E-state index contributed by atoms with van der Waals surface area (Å²) in [7, 11) is 0. The molecule has 1 aromatic carbocycles. The molecule has 0 spiro atoms. The fraction of sp³-hybridized carbons (Fsp3) is 0.389. The van der Waals surface area contributed by atoms with Crippen molar-refractivity contribution in [3.8, 4) is 17.0 Å². The Kier molecular flexibility index (Phi) is 4.82. The number of rotatable bonds is 6. The minimum atomic E-state index is 0.0926. The maximum atomic E-state index is 12.6. The summed E-state index contributed by atoms with van der Waals surface area (Å²) >= 11 is 0. The molecule has 0 atom stereocenters. The van der Waals surface area contributed by atoms with Crippen molar-refractivity contribution in [3.05, 3.63) is 41.9 Å². The highest BCUT2D eigenvalue weighted by atomic mass is 16.5. The van der Waals surface area contributed by atoms with Gasteiger partial charge in [0.25, 0.3) is 0 Å². The zero-order valence-electron chi connectivity index (χ0n) is 15.1. The number of aryl methyl sites for hydroxylation is 1. The van der Waals surface area contributed by atoms with E-state index in [0.29, 0.717) is 32.7 Å². The summed E-state index contributed by atoms with van der Waals surface area (Å²) < 4.78 is 7.07. The minimum Gasteiger partial charge on any atom is -0.494 e. The van der Waals surface area contributed by atoms with Crippen molar-refractivity contribution in [2.45, 2.75) is 32.9 Å². The van der Waals surface area contributed by atoms with Gasteiger partial charge in [-0.3, -0.25) is 9.89 Å². The second kappa shape index (κ2) is 7.56. The summed E-state index contributed by atoms with van der Waals surface area (Å²) in [6.07, 6.45) is 2.66. The summed E-state index contributed by atoms with van der Waals surface area (Å²) in [5.74, 6) is 0.931. The van der Waals surface area contributed by atoms with Gasteiger partial charge in [0.15, 0.2) is 0 Å². The van der Waals surface area contributed by atoms with Crippen LogP contribution in [0.1, 0.15) is 24.6 Å². The fourth-order valence-corrected chi connectivity index (χ4v) is 3.27. The van der Waals surface area contributed by atoms with E-state index in [9.17, 15) is 4.79 Å². The molecule has 9 heteroatoms. The number of aromatic amines is 1. The van der Waals surface area contributed by atoms with Crippen LogP contribution in [0.4, 0.5) is 0 Å². The maximum absolute atomic E-state index is 12.6. The quantitative estimate of drug-likeness (QED) is 0.707. The number of nitrogens with one attached hydrogen (secondary N) is 1. The first-order valence-electron chi connectivity index (χ1n) is 9.02. The normalized spacial score (nSPS) is 13.4. The molecular formula is C18H21N7O2. The van der Waals surface area contributed by atoms with Gasteiger partial charge < -0.3 is 9.64 Å². The van der Waals surface area contributed by atoms with Gasteiger partial charge in [0.2, 0.25) is 5.91 Å². The van der Waals surface area contributed by atoms with Gasteiger partial charge in [0.1, 0.15) is 12.1 Å². The molecule has 0 saturated heterocycles. The highest BCUT2D eigenvalue weighted by Gasteiger charge is 2.25. The molecule has 0 unspecified atom stereocenters. The van der Waals surface area contributed by atoms with Crippen molar-refractivity contribution in [2.75, 3.05) is 13.2 Å². The lowest BCUT2D eigenvalue weighted by molar-refractivity contribution is -0.132. The Morgan fingerprint density at radius 2 is 2.15 bits per heavy atom. The second-order valence-corrected chi connectivity index (χ2v) is 6.37. The largest absolute Gasteiger partial charge is 0.494 e. The average molecular weight is 367 g/mol. The first-order valence-corrected chi connectivity index (χ1v) is 9.02. The van der Waals surface area contributed by atoms with Crippen molar-refractivity contribution in [2.24, 2.45) is 0 Å². The van der Waals surface area contributed by atoms with Gasteiger partial charge in [-0.25, -0.2) is 4.68 Å². The van der Waals surface area contributed by atoms with Gasteiger partial charge >= 0.3 is 0 Å². The topological polar surface area (TPSA) is 102 Å². The van der Waals surface area contributed by atoms with E-state index in [4.69, 9.17) is 4.74 Å². The second-order valence-electron chi connectivity index (χ2n) is 6.37. The number of ether oxygens (including phenoxy) is 1. The molecular weight excluding hydrogens is 346 g/mol. The van der Waals surface area contributed by atoms with Gasteiger partial charge in [-0.1, -0.05) is 0 Å². The molecule has 3 heterocycles. The van der Waals surface area contributed by atoms with Gasteiger partial charge in [-0.2, -0.15) is 5.10 Å². The molecule has 9 nitrogen and oxygen atoms in total. The number of carbonyl (C=O) groups excluding carboxylic acids is 1. The van der Waals surface area contributed by atoms with Crippen molar-refractivity contribution in [3.63, 3.8) is 0 Å². The van der Waals surface area contributed by atoms with Crippen LogP contribution in [-0.4, -0.2) is 54.4 Å². The molecule has 1 aliphatic heterocycles. The van der Waals surface area contributed by atoms with Crippen LogP contribution in [-0.2, 0) is 24.3 Å². The molecule has 1 aliphatic rings. The monoisotopic (exact) mass is 367 g/mol. The van der Waals surface area contributed by atoms with Crippen LogP contribution >= 0.6 is 0 Å². The summed E-state index contributed by atoms with van der Waals surface area (Å²) in [5, 5.41) is 18.6. The molecule has 0 saturated carbocycles. The van der Waals surface area contributed by atoms with Crippen LogP contribution < -0.4 is 4.74 Å². The number of benzene rings is 1. The fourth-order valence-electron chi connectivity index (χ4n) is 3.27. The average Bonchev–Trinajstić information content (AvgIpc) is 3.36. The number of hydrogen-bond donors (Lipinski definition) is 1. The Morgan fingerprint density at radius 1 is 1.30 bits per heavy atom. The standard InChI is InChI=1S/C18H21N7O2/c1-2-27-14-5-3-13(4-6-14)18-15-11-24(9-7-16(15)20-21-18)17(26)8-10-25-12-19-22-23-25/h3-6,12H,2,7-11H2,1H3,(H,20,21). The van der Waals surface area contributed by atoms with E-state index >= 15 is 0 Å². The molecule has 0 fully saturated rings. The lowest BCUT2D eigenvalue weighted by atomic mass is 10.0. The minimum absolute atomic E-state index is 0.0926. The number of fused-ring (bicyclic) bond motifs is 1. The van der Waals surface area contributed by atoms with Crippen molar-refractivity contribution in [1.29, 1.82) is 0 Å². The Labute approximate surface area is 156 Å². The third kappa shape index (κ3) is 3.67. The summed E-state index contributed by atoms with van der Waals surface area (Å²) in [4.78, 5) is 14.5. The Balaban J connectivity index is 1.47. The number of nitrogens with zero attached hydrogens (tertiary/aromatic N) is 6. The third-order valence-corrected chi connectivity index (χ3v) is 4.67. The zero-order chi connectivity index (χ0) is 18.6. The lowest BCUT2D eigenvalue weighted by Crippen LogP contribution is -2.36. The van der Waals surface area contributed by atoms with Crippen molar-refractivity contribution < 1.29 is 9.53 Å². The van der Waals surface area contributed by atoms with E-state index < -0.39 is 0 Å². The highest BCUT2D eigenvalue weighted by Crippen LogP contribution is 2.29. The lowest BCUT2D eigenvalue weighted by Gasteiger charge is -2.27. The predicted octanol–water partition coefficient (Wildman–Crippen LogP) is 1.44.